The first-order chi connectivity index (χ1) is 13.1. The minimum atomic E-state index is -0.525. The van der Waals surface area contributed by atoms with Gasteiger partial charge in [-0.1, -0.05) is 58.4 Å². The Kier molecular flexibility index (Phi) is 3.55. The lowest BCUT2D eigenvalue weighted by molar-refractivity contribution is 0.893. The van der Waals surface area contributed by atoms with Crippen molar-refractivity contribution in [3.63, 3.8) is 0 Å². The molecule has 3 N–H and O–H groups in total. The second kappa shape index (κ2) is 5.96. The van der Waals surface area contributed by atoms with E-state index in [0.717, 1.165) is 32.1 Å². The summed E-state index contributed by atoms with van der Waals surface area (Å²) in [4.78, 5) is 29.7. The number of aromatic amines is 2. The number of aromatic nitrogens is 2. The summed E-state index contributed by atoms with van der Waals surface area (Å²) >= 11 is 3.53. The lowest BCUT2D eigenvalue weighted by Crippen LogP contribution is -2.31. The predicted octanol–water partition coefficient (Wildman–Crippen LogP) is 4.22. The van der Waals surface area contributed by atoms with Crippen LogP contribution in [-0.2, 0) is 0 Å². The Balaban J connectivity index is 1.92. The van der Waals surface area contributed by atoms with Crippen LogP contribution in [0, 0.1) is 0 Å². The lowest BCUT2D eigenvalue weighted by Gasteiger charge is -2.29. The molecule has 0 amide bonds. The first kappa shape index (κ1) is 16.1. The molecule has 6 heteroatoms. The van der Waals surface area contributed by atoms with E-state index in [1.54, 1.807) is 0 Å². The maximum absolute atomic E-state index is 12.8. The number of benzene rings is 3. The van der Waals surface area contributed by atoms with Crippen LogP contribution in [0.1, 0.15) is 22.6 Å². The molecule has 0 radical (unpaired) electrons. The third-order valence-corrected chi connectivity index (χ3v) is 5.46. The Morgan fingerprint density at radius 1 is 0.852 bits per heavy atom. The zero-order valence-corrected chi connectivity index (χ0v) is 15.6. The van der Waals surface area contributed by atoms with Crippen molar-refractivity contribution in [2.45, 2.75) is 5.92 Å². The molecule has 2 heterocycles. The Bertz CT molecular complexity index is 1320. The number of fused-ring (bicyclic) bond motifs is 4. The van der Waals surface area contributed by atoms with Gasteiger partial charge >= 0.3 is 5.69 Å². The van der Waals surface area contributed by atoms with E-state index >= 15 is 0 Å². The number of rotatable bonds is 1. The molecular formula is C21H14BrN3O2. The SMILES string of the molecule is O=c1[nH]c2c(c(=O)[nH]1)C(c1cccc(Br)c1)c1c(ccc3ccccc13)N2. The molecule has 27 heavy (non-hydrogen) atoms. The van der Waals surface area contributed by atoms with Gasteiger partial charge in [-0.3, -0.25) is 14.8 Å². The molecule has 0 bridgehead atoms. The zero-order chi connectivity index (χ0) is 18.5. The third kappa shape index (κ3) is 2.52. The van der Waals surface area contributed by atoms with E-state index in [0.29, 0.717) is 11.4 Å². The highest BCUT2D eigenvalue weighted by molar-refractivity contribution is 9.10. The molecule has 4 aromatic rings. The number of halogens is 1. The van der Waals surface area contributed by atoms with Gasteiger partial charge in [0, 0.05) is 16.1 Å². The fraction of sp³-hybridized carbons (Fsp3) is 0.0476. The maximum atomic E-state index is 12.8. The summed E-state index contributed by atoms with van der Waals surface area (Å²) in [6.07, 6.45) is 0. The van der Waals surface area contributed by atoms with Crippen molar-refractivity contribution in [1.29, 1.82) is 0 Å². The first-order valence-electron chi connectivity index (χ1n) is 8.52. The minimum Gasteiger partial charge on any atom is -0.341 e. The summed E-state index contributed by atoms with van der Waals surface area (Å²) in [5, 5.41) is 5.41. The van der Waals surface area contributed by atoms with Crippen molar-refractivity contribution in [2.75, 3.05) is 5.32 Å². The van der Waals surface area contributed by atoms with Gasteiger partial charge in [0.15, 0.2) is 0 Å². The topological polar surface area (TPSA) is 77.8 Å². The van der Waals surface area contributed by atoms with Gasteiger partial charge in [0.05, 0.1) is 5.56 Å². The molecule has 1 atom stereocenters. The summed E-state index contributed by atoms with van der Waals surface area (Å²) in [6, 6.07) is 20.0. The summed E-state index contributed by atoms with van der Waals surface area (Å²) in [7, 11) is 0. The van der Waals surface area contributed by atoms with Gasteiger partial charge in [-0.2, -0.15) is 0 Å². The standard InChI is InChI=1S/C21H14BrN3O2/c22-13-6-3-5-12(10-13)16-17-14-7-2-1-4-11(14)8-9-15(17)23-19-18(16)20(26)25-21(27)24-19/h1-10,16H,(H3,23,24,25,26,27). The maximum Gasteiger partial charge on any atom is 0.327 e. The van der Waals surface area contributed by atoms with E-state index in [2.05, 4.69) is 43.3 Å². The van der Waals surface area contributed by atoms with Crippen LogP contribution in [0.2, 0.25) is 0 Å². The molecule has 5 rings (SSSR count). The molecule has 1 unspecified atom stereocenters. The van der Waals surface area contributed by atoms with Crippen molar-refractivity contribution >= 4 is 38.2 Å². The summed E-state index contributed by atoms with van der Waals surface area (Å²) in [5.74, 6) is 0.136. The van der Waals surface area contributed by atoms with Crippen LogP contribution in [-0.4, -0.2) is 9.97 Å². The molecule has 3 aromatic carbocycles. The van der Waals surface area contributed by atoms with Crippen molar-refractivity contribution in [2.24, 2.45) is 0 Å². The van der Waals surface area contributed by atoms with Gasteiger partial charge in [0.2, 0.25) is 0 Å². The van der Waals surface area contributed by atoms with E-state index in [9.17, 15) is 9.59 Å². The number of nitrogens with one attached hydrogen (secondary N) is 3. The van der Waals surface area contributed by atoms with Gasteiger partial charge in [-0.15, -0.1) is 0 Å². The number of H-pyrrole nitrogens is 2. The van der Waals surface area contributed by atoms with Crippen LogP contribution in [0.25, 0.3) is 10.8 Å². The molecular weight excluding hydrogens is 406 g/mol. The number of hydrogen-bond acceptors (Lipinski definition) is 3. The van der Waals surface area contributed by atoms with E-state index in [1.807, 2.05) is 48.5 Å². The smallest absolute Gasteiger partial charge is 0.327 e. The number of anilines is 2. The average Bonchev–Trinajstić information content (AvgIpc) is 2.66. The van der Waals surface area contributed by atoms with Crippen LogP contribution in [0.15, 0.2) is 74.7 Å². The molecule has 1 aliphatic heterocycles. The van der Waals surface area contributed by atoms with E-state index in [1.165, 1.54) is 0 Å². The third-order valence-electron chi connectivity index (χ3n) is 4.97. The molecule has 5 nitrogen and oxygen atoms in total. The van der Waals surface area contributed by atoms with Gasteiger partial charge in [0.25, 0.3) is 5.56 Å². The van der Waals surface area contributed by atoms with Crippen molar-refractivity contribution in [1.82, 2.24) is 9.97 Å². The highest BCUT2D eigenvalue weighted by Crippen LogP contribution is 2.45. The lowest BCUT2D eigenvalue weighted by atomic mass is 9.80. The van der Waals surface area contributed by atoms with E-state index in [-0.39, 0.29) is 11.5 Å². The second-order valence-corrected chi connectivity index (χ2v) is 7.47. The average molecular weight is 420 g/mol. The fourth-order valence-corrected chi connectivity index (χ4v) is 4.30. The minimum absolute atomic E-state index is 0.305. The second-order valence-electron chi connectivity index (χ2n) is 6.56. The quantitative estimate of drug-likeness (QED) is 0.380. The summed E-state index contributed by atoms with van der Waals surface area (Å²) < 4.78 is 0.933. The zero-order valence-electron chi connectivity index (χ0n) is 14.0. The van der Waals surface area contributed by atoms with Crippen LogP contribution >= 0.6 is 15.9 Å². The number of hydrogen-bond donors (Lipinski definition) is 3. The molecule has 0 saturated carbocycles. The van der Waals surface area contributed by atoms with E-state index < -0.39 is 5.69 Å². The normalized spacial score (nSPS) is 15.1. The molecule has 1 aromatic heterocycles. The fourth-order valence-electron chi connectivity index (χ4n) is 3.88. The van der Waals surface area contributed by atoms with Crippen LogP contribution < -0.4 is 16.6 Å². The molecule has 0 aliphatic carbocycles. The van der Waals surface area contributed by atoms with Crippen molar-refractivity contribution in [3.05, 3.63) is 103 Å². The predicted molar refractivity (Wildman–Crippen MR) is 110 cm³/mol. The van der Waals surface area contributed by atoms with Gasteiger partial charge in [0.1, 0.15) is 5.82 Å². The molecule has 0 saturated heterocycles. The monoisotopic (exact) mass is 419 g/mol. The van der Waals surface area contributed by atoms with Gasteiger partial charge in [-0.25, -0.2) is 4.79 Å². The highest BCUT2D eigenvalue weighted by Gasteiger charge is 2.32. The Morgan fingerprint density at radius 3 is 2.56 bits per heavy atom. The van der Waals surface area contributed by atoms with Crippen LogP contribution in [0.4, 0.5) is 11.5 Å². The van der Waals surface area contributed by atoms with Crippen molar-refractivity contribution < 1.29 is 0 Å². The molecule has 0 fully saturated rings. The first-order valence-corrected chi connectivity index (χ1v) is 9.32. The summed E-state index contributed by atoms with van der Waals surface area (Å²) in [6.45, 7) is 0. The van der Waals surface area contributed by atoms with Gasteiger partial charge < -0.3 is 5.32 Å². The molecule has 132 valence electrons. The van der Waals surface area contributed by atoms with Crippen molar-refractivity contribution in [3.8, 4) is 0 Å². The molecule has 1 aliphatic rings. The summed E-state index contributed by atoms with van der Waals surface area (Å²) in [5.41, 5.74) is 2.48. The van der Waals surface area contributed by atoms with E-state index in [4.69, 9.17) is 0 Å². The largest absolute Gasteiger partial charge is 0.341 e. The van der Waals surface area contributed by atoms with Gasteiger partial charge in [-0.05, 0) is 40.1 Å². The van der Waals surface area contributed by atoms with Crippen LogP contribution in [0.5, 0.6) is 0 Å². The van der Waals surface area contributed by atoms with Crippen LogP contribution in [0.3, 0.4) is 0 Å². The highest BCUT2D eigenvalue weighted by atomic mass is 79.9. The Hall–Kier alpha value is -3.12. The molecule has 0 spiro atoms. The Morgan fingerprint density at radius 2 is 1.70 bits per heavy atom. The Labute approximate surface area is 162 Å².